The number of nitrogens with zero attached hydrogens (tertiary/aromatic N) is 1. The molecule has 1 amide bonds. The number of benzene rings is 1. The molecule has 40 heavy (non-hydrogen) atoms. The average molecular weight is 577 g/mol. The Bertz CT molecular complexity index is 1210. The van der Waals surface area contributed by atoms with E-state index in [-0.39, 0.29) is 37.4 Å². The molecule has 218 valence electrons. The van der Waals surface area contributed by atoms with E-state index in [0.717, 1.165) is 25.9 Å². The van der Waals surface area contributed by atoms with Gasteiger partial charge in [-0.05, 0) is 55.8 Å². The zero-order valence-corrected chi connectivity index (χ0v) is 23.8. The molecule has 0 unspecified atom stereocenters. The molecule has 0 aromatic heterocycles. The summed E-state index contributed by atoms with van der Waals surface area (Å²) in [6.07, 6.45) is -1.55. The van der Waals surface area contributed by atoms with Gasteiger partial charge in [-0.2, -0.15) is 0 Å². The molecule has 4 saturated heterocycles. The summed E-state index contributed by atoms with van der Waals surface area (Å²) in [4.78, 5) is 55.7. The van der Waals surface area contributed by atoms with Gasteiger partial charge in [-0.15, -0.1) is 12.4 Å². The van der Waals surface area contributed by atoms with Crippen LogP contribution >= 0.6 is 12.4 Å². The minimum Gasteiger partial charge on any atom is -0.461 e. The quantitative estimate of drug-likeness (QED) is 0.400. The molecule has 4 aliphatic heterocycles. The monoisotopic (exact) mass is 576 g/mol. The highest BCUT2D eigenvalue weighted by atomic mass is 35.5. The number of carbonyl (C=O) groups excluding carboxylic acids is 4. The van der Waals surface area contributed by atoms with Crippen molar-refractivity contribution in [2.45, 2.75) is 76.9 Å². The highest BCUT2D eigenvalue weighted by Gasteiger charge is 2.93. The van der Waals surface area contributed by atoms with Gasteiger partial charge >= 0.3 is 17.9 Å². The summed E-state index contributed by atoms with van der Waals surface area (Å²) in [5.41, 5.74) is -5.80. The summed E-state index contributed by atoms with van der Waals surface area (Å²) >= 11 is 0. The molecule has 11 heteroatoms. The van der Waals surface area contributed by atoms with E-state index >= 15 is 0 Å². The SMILES string of the molecule is CC(C)(C)[C@]1(O)C[C@@H]2OC(=O)C[C@@]23C(=O)O[C@@H]2N(CCC4CCNCC4)C(=O)[C@@H](OC(=O)c4ccccc4)[C@]213.Cl. The number of likely N-dealkylation sites (tertiary alicyclic amines) is 1. The zero-order valence-electron chi connectivity index (χ0n) is 23.0. The minimum absolute atomic E-state index is 0. The Kier molecular flexibility index (Phi) is 6.99. The lowest BCUT2D eigenvalue weighted by molar-refractivity contribution is -0.212. The van der Waals surface area contributed by atoms with Gasteiger partial charge in [0, 0.05) is 13.0 Å². The molecule has 1 aromatic rings. The molecule has 10 nitrogen and oxygen atoms in total. The van der Waals surface area contributed by atoms with E-state index in [9.17, 15) is 24.3 Å². The summed E-state index contributed by atoms with van der Waals surface area (Å²) in [7, 11) is 0. The van der Waals surface area contributed by atoms with Gasteiger partial charge < -0.3 is 29.5 Å². The molecule has 1 aliphatic carbocycles. The van der Waals surface area contributed by atoms with Crippen molar-refractivity contribution in [1.82, 2.24) is 10.2 Å². The first-order valence-corrected chi connectivity index (χ1v) is 13.9. The Labute approximate surface area is 239 Å². The molecule has 2 N–H and O–H groups in total. The van der Waals surface area contributed by atoms with Crippen LogP contribution in [0, 0.1) is 22.2 Å². The lowest BCUT2D eigenvalue weighted by Gasteiger charge is -2.51. The molecule has 6 atom stereocenters. The predicted molar refractivity (Wildman–Crippen MR) is 143 cm³/mol. The largest absolute Gasteiger partial charge is 0.461 e. The van der Waals surface area contributed by atoms with E-state index in [1.54, 1.807) is 30.3 Å². The van der Waals surface area contributed by atoms with E-state index in [1.165, 1.54) is 4.90 Å². The fraction of sp³-hybridized carbons (Fsp3) is 0.655. The molecule has 1 saturated carbocycles. The number of esters is 3. The Morgan fingerprint density at radius 3 is 2.45 bits per heavy atom. The van der Waals surface area contributed by atoms with Crippen molar-refractivity contribution in [2.75, 3.05) is 19.6 Å². The maximum absolute atomic E-state index is 14.3. The second-order valence-corrected chi connectivity index (χ2v) is 12.7. The van der Waals surface area contributed by atoms with E-state index < -0.39 is 64.1 Å². The van der Waals surface area contributed by atoms with Crippen molar-refractivity contribution >= 4 is 36.2 Å². The van der Waals surface area contributed by atoms with Gasteiger partial charge in [-0.1, -0.05) is 39.0 Å². The third-order valence-corrected chi connectivity index (χ3v) is 10.0. The average Bonchev–Trinajstić information content (AvgIpc) is 3.51. The molecule has 4 heterocycles. The highest BCUT2D eigenvalue weighted by Crippen LogP contribution is 2.76. The van der Waals surface area contributed by atoms with Crippen LogP contribution in [0.2, 0.25) is 0 Å². The normalized spacial score (nSPS) is 36.9. The van der Waals surface area contributed by atoms with Crippen molar-refractivity contribution in [3.8, 4) is 0 Å². The number of carbonyl (C=O) groups is 4. The number of ether oxygens (including phenoxy) is 3. The van der Waals surface area contributed by atoms with E-state index in [4.69, 9.17) is 14.2 Å². The van der Waals surface area contributed by atoms with Gasteiger partial charge in [0.05, 0.1) is 17.6 Å². The summed E-state index contributed by atoms with van der Waals surface area (Å²) in [5, 5.41) is 16.0. The summed E-state index contributed by atoms with van der Waals surface area (Å²) in [6.45, 7) is 7.51. The fourth-order valence-electron chi connectivity index (χ4n) is 8.06. The molecular weight excluding hydrogens is 540 g/mol. The maximum atomic E-state index is 14.3. The first kappa shape index (κ1) is 28.8. The molecular formula is C29H37ClN2O8. The van der Waals surface area contributed by atoms with Gasteiger partial charge in [0.2, 0.25) is 0 Å². The van der Waals surface area contributed by atoms with Crippen molar-refractivity contribution in [2.24, 2.45) is 22.2 Å². The van der Waals surface area contributed by atoms with E-state index in [2.05, 4.69) is 5.32 Å². The van der Waals surface area contributed by atoms with Crippen molar-refractivity contribution in [1.29, 1.82) is 0 Å². The third kappa shape index (κ3) is 3.61. The highest BCUT2D eigenvalue weighted by molar-refractivity contribution is 5.99. The standard InChI is InChI=1S/C29H36N2O8.ClH/c1-26(2,3)28(36)15-19-27(16-20(32)37-19)25(35)39-24-29(27,28)21(38-23(34)18-7-5-4-6-8-18)22(33)31(24)14-11-17-9-12-30-13-10-17;/h4-8,17,19,21,24,30,36H,9-16H2,1-3H3;1H/t19-,21+,24-,27-,28+,29+;/m0./s1. The van der Waals surface area contributed by atoms with Crippen LogP contribution in [-0.4, -0.2) is 77.5 Å². The van der Waals surface area contributed by atoms with Crippen LogP contribution < -0.4 is 5.32 Å². The van der Waals surface area contributed by atoms with E-state index in [0.29, 0.717) is 12.3 Å². The summed E-state index contributed by atoms with van der Waals surface area (Å²) < 4.78 is 17.7. The van der Waals surface area contributed by atoms with Gasteiger partial charge in [0.25, 0.3) is 5.91 Å². The summed E-state index contributed by atoms with van der Waals surface area (Å²) in [6, 6.07) is 8.28. The fourth-order valence-corrected chi connectivity index (χ4v) is 8.06. The topological polar surface area (TPSA) is 131 Å². The first-order chi connectivity index (χ1) is 18.5. The molecule has 5 fully saturated rings. The minimum atomic E-state index is -1.75. The Morgan fingerprint density at radius 2 is 1.80 bits per heavy atom. The smallest absolute Gasteiger partial charge is 0.338 e. The van der Waals surface area contributed by atoms with Gasteiger partial charge in [-0.3, -0.25) is 14.4 Å². The van der Waals surface area contributed by atoms with Crippen molar-refractivity contribution < 1.29 is 38.5 Å². The number of halogens is 1. The lowest BCUT2D eigenvalue weighted by atomic mass is 9.52. The number of piperidine rings is 1. The van der Waals surface area contributed by atoms with Crippen LogP contribution in [0.4, 0.5) is 0 Å². The molecule has 1 aromatic carbocycles. The molecule has 5 aliphatic rings. The van der Waals surface area contributed by atoms with Gasteiger partial charge in [0.1, 0.15) is 16.9 Å². The first-order valence-electron chi connectivity index (χ1n) is 13.9. The Balaban J connectivity index is 0.00000323. The third-order valence-electron chi connectivity index (χ3n) is 10.0. The van der Waals surface area contributed by atoms with Crippen LogP contribution in [0.25, 0.3) is 0 Å². The van der Waals surface area contributed by atoms with Crippen LogP contribution in [0.5, 0.6) is 0 Å². The predicted octanol–water partition coefficient (Wildman–Crippen LogP) is 2.22. The lowest BCUT2D eigenvalue weighted by Crippen LogP contribution is -2.66. The Morgan fingerprint density at radius 1 is 1.12 bits per heavy atom. The zero-order chi connectivity index (χ0) is 27.8. The number of amides is 1. The van der Waals surface area contributed by atoms with Crippen molar-refractivity contribution in [3.05, 3.63) is 35.9 Å². The maximum Gasteiger partial charge on any atom is 0.338 e. The molecule has 0 radical (unpaired) electrons. The van der Waals surface area contributed by atoms with E-state index in [1.807, 2.05) is 20.8 Å². The number of rotatable bonds is 5. The number of hydrogen-bond acceptors (Lipinski definition) is 9. The number of aliphatic hydroxyl groups is 1. The molecule has 6 rings (SSSR count). The van der Waals surface area contributed by atoms with Gasteiger partial charge in [0.15, 0.2) is 12.3 Å². The van der Waals surface area contributed by atoms with Crippen LogP contribution in [0.15, 0.2) is 30.3 Å². The molecule has 0 bridgehead atoms. The second-order valence-electron chi connectivity index (χ2n) is 12.7. The number of hydrogen-bond donors (Lipinski definition) is 2. The Hall–Kier alpha value is -2.69. The van der Waals surface area contributed by atoms with Crippen LogP contribution in [0.1, 0.15) is 63.2 Å². The number of nitrogens with one attached hydrogen (secondary N) is 1. The molecule has 2 spiro atoms. The second kappa shape index (κ2) is 9.70. The van der Waals surface area contributed by atoms with Crippen LogP contribution in [0.3, 0.4) is 0 Å². The summed E-state index contributed by atoms with van der Waals surface area (Å²) in [5.74, 6) is -2.18. The van der Waals surface area contributed by atoms with Crippen LogP contribution in [-0.2, 0) is 28.6 Å². The van der Waals surface area contributed by atoms with Gasteiger partial charge in [-0.25, -0.2) is 4.79 Å². The van der Waals surface area contributed by atoms with Crippen molar-refractivity contribution in [3.63, 3.8) is 0 Å².